The van der Waals surface area contributed by atoms with Crippen LogP contribution in [0.4, 0.5) is 5.69 Å². The lowest BCUT2D eigenvalue weighted by Gasteiger charge is -2.25. The van der Waals surface area contributed by atoms with Crippen LogP contribution in [-0.2, 0) is 0 Å². The fourth-order valence-electron chi connectivity index (χ4n) is 4.44. The van der Waals surface area contributed by atoms with Gasteiger partial charge in [0.25, 0.3) is 0 Å². The molecule has 0 fully saturated rings. The molecule has 0 aliphatic rings. The van der Waals surface area contributed by atoms with Crippen molar-refractivity contribution in [2.75, 3.05) is 14.2 Å². The fourth-order valence-corrected chi connectivity index (χ4v) is 6.92. The van der Waals surface area contributed by atoms with Crippen molar-refractivity contribution < 1.29 is 9.47 Å². The Bertz CT molecular complexity index is 1450. The molecule has 0 atom stereocenters. The second-order valence-electron chi connectivity index (χ2n) is 8.38. The Kier molecular flexibility index (Phi) is 7.74. The topological polar surface area (TPSA) is 30.8 Å². The third-order valence-electron chi connectivity index (χ3n) is 6.12. The molecule has 5 aromatic rings. The van der Waals surface area contributed by atoms with Gasteiger partial charge in [0.2, 0.25) is 0 Å². The quantitative estimate of drug-likeness (QED) is 0.171. The lowest BCUT2D eigenvalue weighted by Crippen LogP contribution is -2.22. The summed E-state index contributed by atoms with van der Waals surface area (Å²) in [5.41, 5.74) is 3.78. The Morgan fingerprint density at radius 1 is 0.541 bits per heavy atom. The number of rotatable bonds is 8. The van der Waals surface area contributed by atoms with E-state index in [9.17, 15) is 0 Å². The number of methoxy groups -OCH3 is 2. The van der Waals surface area contributed by atoms with Gasteiger partial charge in [0, 0.05) is 11.8 Å². The molecule has 0 aliphatic heterocycles. The van der Waals surface area contributed by atoms with Crippen molar-refractivity contribution in [1.29, 1.82) is 0 Å². The van der Waals surface area contributed by atoms with Crippen molar-refractivity contribution in [2.45, 2.75) is 0 Å². The first kappa shape index (κ1) is 24.5. The Morgan fingerprint density at radius 2 is 1.05 bits per heavy atom. The molecule has 0 heterocycles. The first-order valence-electron chi connectivity index (χ1n) is 12.1. The zero-order valence-electron chi connectivity index (χ0n) is 20.9. The van der Waals surface area contributed by atoms with Crippen LogP contribution in [0.5, 0.6) is 11.5 Å². The predicted octanol–water partition coefficient (Wildman–Crippen LogP) is 6.88. The maximum absolute atomic E-state index is 5.98. The van der Waals surface area contributed by atoms with Gasteiger partial charge in [0.15, 0.2) is 0 Å². The molecule has 5 rings (SSSR count). The molecule has 0 amide bonds. The lowest BCUT2D eigenvalue weighted by atomic mass is 10.0. The van der Waals surface area contributed by atoms with Gasteiger partial charge in [0.05, 0.1) is 25.5 Å². The summed E-state index contributed by atoms with van der Waals surface area (Å²) in [6, 6.07) is 43.8. The number of ether oxygens (including phenoxy) is 2. The number of hydrogen-bond donors (Lipinski definition) is 0. The minimum absolute atomic E-state index is 0.754. The molecule has 0 saturated heterocycles. The third kappa shape index (κ3) is 5.33. The van der Waals surface area contributed by atoms with Crippen molar-refractivity contribution in [2.24, 2.45) is 4.99 Å². The fraction of sp³-hybridized carbons (Fsp3) is 0.0606. The van der Waals surface area contributed by atoms with Crippen LogP contribution in [-0.4, -0.2) is 20.4 Å². The smallest absolute Gasteiger partial charge is 0.129 e. The average Bonchev–Trinajstić information content (AvgIpc) is 2.97. The van der Waals surface area contributed by atoms with Crippen LogP contribution < -0.4 is 25.4 Å². The lowest BCUT2D eigenvalue weighted by molar-refractivity contribution is 0.410. The zero-order valence-corrected chi connectivity index (χ0v) is 21.8. The van der Waals surface area contributed by atoms with Gasteiger partial charge in [-0.1, -0.05) is 109 Å². The van der Waals surface area contributed by atoms with E-state index in [2.05, 4.69) is 72.8 Å². The molecule has 0 spiro atoms. The first-order chi connectivity index (χ1) is 18.3. The van der Waals surface area contributed by atoms with E-state index in [1.165, 1.54) is 15.9 Å². The molecule has 0 radical (unpaired) electrons. The largest absolute Gasteiger partial charge is 0.496 e. The molecule has 0 N–H and O–H groups in total. The van der Waals surface area contributed by atoms with Crippen LogP contribution >= 0.6 is 7.92 Å². The van der Waals surface area contributed by atoms with Gasteiger partial charge >= 0.3 is 0 Å². The summed E-state index contributed by atoms with van der Waals surface area (Å²) in [5.74, 6) is 1.54. The van der Waals surface area contributed by atoms with E-state index in [1.807, 2.05) is 60.8 Å². The molecule has 0 bridgehead atoms. The maximum atomic E-state index is 5.98. The van der Waals surface area contributed by atoms with E-state index in [1.54, 1.807) is 14.2 Å². The van der Waals surface area contributed by atoms with E-state index in [0.29, 0.717) is 0 Å². The van der Waals surface area contributed by atoms with Crippen LogP contribution in [0.3, 0.4) is 0 Å². The Morgan fingerprint density at radius 3 is 1.62 bits per heavy atom. The average molecular weight is 502 g/mol. The Labute approximate surface area is 219 Å². The van der Waals surface area contributed by atoms with Gasteiger partial charge in [-0.15, -0.1) is 0 Å². The summed E-state index contributed by atoms with van der Waals surface area (Å²) in [5, 5.41) is 3.72. The van der Waals surface area contributed by atoms with E-state index < -0.39 is 7.92 Å². The van der Waals surface area contributed by atoms with E-state index in [-0.39, 0.29) is 0 Å². The van der Waals surface area contributed by atoms with Gasteiger partial charge in [-0.05, 0) is 47.6 Å². The molecule has 0 unspecified atom stereocenters. The molecule has 5 aromatic carbocycles. The summed E-state index contributed by atoms with van der Waals surface area (Å²) < 4.78 is 11.9. The van der Waals surface area contributed by atoms with Gasteiger partial charge < -0.3 is 9.47 Å². The maximum Gasteiger partial charge on any atom is 0.129 e. The second-order valence-corrected chi connectivity index (χ2v) is 10.6. The minimum atomic E-state index is -0.883. The van der Waals surface area contributed by atoms with Gasteiger partial charge in [-0.25, -0.2) is 0 Å². The minimum Gasteiger partial charge on any atom is -0.496 e. The van der Waals surface area contributed by atoms with Gasteiger partial charge in [0.1, 0.15) is 11.5 Å². The summed E-state index contributed by atoms with van der Waals surface area (Å²) in [6.45, 7) is 0. The van der Waals surface area contributed by atoms with Gasteiger partial charge in [-0.3, -0.25) is 4.99 Å². The molecule has 3 nitrogen and oxygen atoms in total. The normalized spacial score (nSPS) is 11.1. The molecule has 0 aliphatic carbocycles. The van der Waals surface area contributed by atoms with Crippen molar-refractivity contribution in [1.82, 2.24) is 0 Å². The number of hydrogen-bond acceptors (Lipinski definition) is 3. The van der Waals surface area contributed by atoms with Crippen molar-refractivity contribution in [3.63, 3.8) is 0 Å². The van der Waals surface area contributed by atoms with E-state index in [4.69, 9.17) is 14.5 Å². The highest BCUT2D eigenvalue weighted by Gasteiger charge is 2.26. The predicted molar refractivity (Wildman–Crippen MR) is 157 cm³/mol. The molecular formula is C33H28NO2P. The first-order valence-corrected chi connectivity index (χ1v) is 13.5. The highest BCUT2D eigenvalue weighted by atomic mass is 31.1. The molecular weight excluding hydrogens is 473 g/mol. The summed E-state index contributed by atoms with van der Waals surface area (Å²) in [6.07, 6.45) is 1.89. The van der Waals surface area contributed by atoms with Crippen molar-refractivity contribution in [3.8, 4) is 22.6 Å². The highest BCUT2D eigenvalue weighted by Crippen LogP contribution is 2.47. The van der Waals surface area contributed by atoms with Crippen LogP contribution in [0.2, 0.25) is 0 Å². The summed E-state index contributed by atoms with van der Waals surface area (Å²) in [4.78, 5) is 4.93. The van der Waals surface area contributed by atoms with Crippen LogP contribution in [0.25, 0.3) is 11.1 Å². The van der Waals surface area contributed by atoms with Crippen LogP contribution in [0.1, 0.15) is 5.56 Å². The second kappa shape index (κ2) is 11.7. The molecule has 0 saturated carbocycles. The molecule has 182 valence electrons. The van der Waals surface area contributed by atoms with Gasteiger partial charge in [-0.2, -0.15) is 0 Å². The van der Waals surface area contributed by atoms with E-state index in [0.717, 1.165) is 33.9 Å². The third-order valence-corrected chi connectivity index (χ3v) is 8.60. The van der Waals surface area contributed by atoms with Crippen LogP contribution in [0, 0.1) is 0 Å². The monoisotopic (exact) mass is 501 g/mol. The summed E-state index contributed by atoms with van der Waals surface area (Å²) >= 11 is 0. The summed E-state index contributed by atoms with van der Waals surface area (Å²) in [7, 11) is 2.54. The standard InChI is InChI=1S/C33H28NO2P/c1-35-29-21-12-20-28(34-24-25-14-6-3-7-15-25)32(29)33-30(36-2)22-13-23-31(33)37(26-16-8-4-9-17-26)27-18-10-5-11-19-27/h3-24H,1-2H3. The molecule has 4 heteroatoms. The SMILES string of the molecule is COc1cccc(N=Cc2ccccc2)c1-c1c(OC)cccc1P(c1ccccc1)c1ccccc1. The molecule has 37 heavy (non-hydrogen) atoms. The van der Waals surface area contributed by atoms with E-state index >= 15 is 0 Å². The van der Waals surface area contributed by atoms with Crippen molar-refractivity contribution in [3.05, 3.63) is 133 Å². The highest BCUT2D eigenvalue weighted by molar-refractivity contribution is 7.80. The number of nitrogens with zero attached hydrogens (tertiary/aromatic N) is 1. The Hall–Kier alpha value is -4.20. The van der Waals surface area contributed by atoms with Crippen molar-refractivity contribution >= 4 is 35.7 Å². The number of benzene rings is 5. The zero-order chi connectivity index (χ0) is 25.5. The Balaban J connectivity index is 1.78. The number of aliphatic imine (C=N–C) groups is 1. The van der Waals surface area contributed by atoms with Crippen LogP contribution in [0.15, 0.2) is 132 Å². The molecule has 0 aromatic heterocycles.